The van der Waals surface area contributed by atoms with Crippen LogP contribution in [0.2, 0.25) is 0 Å². The van der Waals surface area contributed by atoms with E-state index in [1.165, 1.54) is 0 Å². The largest absolute Gasteiger partial charge is 0.247 e. The number of hydrogen-bond donors (Lipinski definition) is 0. The third-order valence-corrected chi connectivity index (χ3v) is 3.81. The molecule has 0 spiro atoms. The average Bonchev–Trinajstić information content (AvgIpc) is 2.35. The molecule has 2 atom stereocenters. The summed E-state index contributed by atoms with van der Waals surface area (Å²) < 4.78 is 13.2. The predicted molar refractivity (Wildman–Crippen MR) is 69.3 cm³/mol. The molecule has 3 heteroatoms. The summed E-state index contributed by atoms with van der Waals surface area (Å²) in [7, 11) is 0. The number of likely N-dealkylation sites (N-methyl/N-ethyl adjacent to an activating group) is 1. The molecule has 96 valence electrons. The zero-order valence-electron chi connectivity index (χ0n) is 10.8. The van der Waals surface area contributed by atoms with Crippen LogP contribution in [-0.2, 0) is 0 Å². The molecule has 2 unspecified atom stereocenters. The molecule has 0 aromatic carbocycles. The number of alkyl halides is 1. The van der Waals surface area contributed by atoms with E-state index >= 15 is 0 Å². The van der Waals surface area contributed by atoms with Gasteiger partial charge in [0.1, 0.15) is 6.17 Å². The summed E-state index contributed by atoms with van der Waals surface area (Å²) in [5, 5.41) is 4.73. The Bertz CT molecular complexity index is 293. The first-order valence-corrected chi connectivity index (χ1v) is 6.73. The smallest absolute Gasteiger partial charge is 0.103 e. The quantitative estimate of drug-likeness (QED) is 0.746. The lowest BCUT2D eigenvalue weighted by Crippen LogP contribution is -2.53. The summed E-state index contributed by atoms with van der Waals surface area (Å²) in [4.78, 5) is 0. The molecule has 0 amide bonds. The number of halogens is 1. The predicted octanol–water partition coefficient (Wildman–Crippen LogP) is 2.79. The van der Waals surface area contributed by atoms with Crippen LogP contribution in [0.3, 0.4) is 0 Å². The van der Waals surface area contributed by atoms with E-state index < -0.39 is 6.17 Å². The lowest BCUT2D eigenvalue weighted by Gasteiger charge is -2.43. The van der Waals surface area contributed by atoms with Crippen molar-refractivity contribution in [2.24, 2.45) is 5.92 Å². The van der Waals surface area contributed by atoms with Crippen molar-refractivity contribution in [2.45, 2.75) is 38.9 Å². The van der Waals surface area contributed by atoms with Gasteiger partial charge >= 0.3 is 0 Å². The van der Waals surface area contributed by atoms with Crippen molar-refractivity contribution in [1.29, 1.82) is 0 Å². The van der Waals surface area contributed by atoms with Gasteiger partial charge in [0, 0.05) is 25.7 Å². The van der Waals surface area contributed by atoms with E-state index in [4.69, 9.17) is 0 Å². The summed E-state index contributed by atoms with van der Waals surface area (Å²) in [5.74, 6) is 0.531. The summed E-state index contributed by atoms with van der Waals surface area (Å²) in [6.45, 7) is 7.13. The molecular weight excluding hydrogens is 215 g/mol. The van der Waals surface area contributed by atoms with Gasteiger partial charge in [0.2, 0.25) is 0 Å². The molecule has 0 aromatic heterocycles. The maximum absolute atomic E-state index is 13.2. The highest BCUT2D eigenvalue weighted by atomic mass is 19.1. The number of nitrogens with zero attached hydrogens (tertiary/aromatic N) is 2. The SMILES string of the molecule is CCN(C1C=CC=CC1C)N1CCC(F)CC1. The number of rotatable bonds is 3. The van der Waals surface area contributed by atoms with Crippen LogP contribution in [0.1, 0.15) is 26.7 Å². The van der Waals surface area contributed by atoms with E-state index in [0.717, 1.165) is 19.6 Å². The Morgan fingerprint density at radius 2 is 1.88 bits per heavy atom. The molecule has 0 N–H and O–H groups in total. The van der Waals surface area contributed by atoms with E-state index in [9.17, 15) is 4.39 Å². The molecule has 1 saturated heterocycles. The highest BCUT2D eigenvalue weighted by molar-refractivity contribution is 5.16. The highest BCUT2D eigenvalue weighted by Crippen LogP contribution is 2.23. The summed E-state index contributed by atoms with van der Waals surface area (Å²) >= 11 is 0. The first-order valence-electron chi connectivity index (χ1n) is 6.73. The normalized spacial score (nSPS) is 31.3. The lowest BCUT2D eigenvalue weighted by molar-refractivity contribution is -0.0755. The van der Waals surface area contributed by atoms with Gasteiger partial charge in [-0.2, -0.15) is 0 Å². The Hall–Kier alpha value is -0.670. The van der Waals surface area contributed by atoms with Crippen molar-refractivity contribution < 1.29 is 4.39 Å². The van der Waals surface area contributed by atoms with E-state index in [1.807, 2.05) is 0 Å². The Labute approximate surface area is 104 Å². The van der Waals surface area contributed by atoms with E-state index in [0.29, 0.717) is 24.8 Å². The van der Waals surface area contributed by atoms with Crippen LogP contribution >= 0.6 is 0 Å². The molecule has 2 rings (SSSR count). The lowest BCUT2D eigenvalue weighted by atomic mass is 9.96. The minimum atomic E-state index is -0.593. The fourth-order valence-electron chi connectivity index (χ4n) is 2.77. The second kappa shape index (κ2) is 5.78. The van der Waals surface area contributed by atoms with Crippen molar-refractivity contribution in [3.8, 4) is 0 Å². The molecule has 1 aliphatic heterocycles. The summed E-state index contributed by atoms with van der Waals surface area (Å²) in [6, 6.07) is 0.432. The minimum absolute atomic E-state index is 0.432. The molecule has 0 radical (unpaired) electrons. The van der Waals surface area contributed by atoms with Crippen molar-refractivity contribution >= 4 is 0 Å². The molecule has 1 aliphatic carbocycles. The number of hydrazine groups is 1. The fraction of sp³-hybridized carbons (Fsp3) is 0.714. The molecule has 2 aliphatic rings. The number of allylic oxidation sites excluding steroid dienone is 2. The van der Waals surface area contributed by atoms with Crippen molar-refractivity contribution in [3.63, 3.8) is 0 Å². The van der Waals surface area contributed by atoms with E-state index in [1.54, 1.807) is 0 Å². The van der Waals surface area contributed by atoms with Crippen LogP contribution in [0.4, 0.5) is 4.39 Å². The second-order valence-electron chi connectivity index (χ2n) is 5.00. The summed E-state index contributed by atoms with van der Waals surface area (Å²) in [6.07, 6.45) is 9.50. The molecule has 17 heavy (non-hydrogen) atoms. The molecule has 1 heterocycles. The first kappa shape index (κ1) is 12.8. The maximum Gasteiger partial charge on any atom is 0.103 e. The molecule has 0 bridgehead atoms. The third kappa shape index (κ3) is 2.96. The molecule has 1 fully saturated rings. The first-order chi connectivity index (χ1) is 8.22. The zero-order chi connectivity index (χ0) is 12.3. The monoisotopic (exact) mass is 238 g/mol. The Morgan fingerprint density at radius 3 is 2.47 bits per heavy atom. The number of hydrogen-bond acceptors (Lipinski definition) is 2. The molecular formula is C14H23FN2. The van der Waals surface area contributed by atoms with Crippen LogP contribution in [0.25, 0.3) is 0 Å². The van der Waals surface area contributed by atoms with Gasteiger partial charge in [-0.3, -0.25) is 0 Å². The topological polar surface area (TPSA) is 6.48 Å². The van der Waals surface area contributed by atoms with Crippen molar-refractivity contribution in [2.75, 3.05) is 19.6 Å². The van der Waals surface area contributed by atoms with Gasteiger partial charge in [-0.25, -0.2) is 14.4 Å². The number of piperidine rings is 1. The van der Waals surface area contributed by atoms with Gasteiger partial charge in [0.15, 0.2) is 0 Å². The molecule has 0 aromatic rings. The standard InChI is InChI=1S/C14H23FN2/c1-3-17(14-7-5-4-6-12(14)2)16-10-8-13(15)9-11-16/h4-7,12-14H,3,8-11H2,1-2H3. The van der Waals surface area contributed by atoms with Crippen molar-refractivity contribution in [3.05, 3.63) is 24.3 Å². The van der Waals surface area contributed by atoms with Gasteiger partial charge in [0.05, 0.1) is 0 Å². The summed E-state index contributed by atoms with van der Waals surface area (Å²) in [5.41, 5.74) is 0. The fourth-order valence-corrected chi connectivity index (χ4v) is 2.77. The van der Waals surface area contributed by atoms with E-state index in [-0.39, 0.29) is 0 Å². The van der Waals surface area contributed by atoms with Crippen LogP contribution in [0.5, 0.6) is 0 Å². The maximum atomic E-state index is 13.2. The van der Waals surface area contributed by atoms with Gasteiger partial charge in [-0.05, 0) is 18.8 Å². The van der Waals surface area contributed by atoms with E-state index in [2.05, 4.69) is 48.2 Å². The Kier molecular flexibility index (Phi) is 4.35. The zero-order valence-corrected chi connectivity index (χ0v) is 10.8. The van der Waals surface area contributed by atoms with Gasteiger partial charge in [-0.1, -0.05) is 38.2 Å². The Morgan fingerprint density at radius 1 is 1.24 bits per heavy atom. The Balaban J connectivity index is 2.00. The van der Waals surface area contributed by atoms with Gasteiger partial charge in [-0.15, -0.1) is 0 Å². The van der Waals surface area contributed by atoms with Crippen LogP contribution in [0, 0.1) is 5.92 Å². The van der Waals surface area contributed by atoms with Crippen LogP contribution in [0.15, 0.2) is 24.3 Å². The van der Waals surface area contributed by atoms with Crippen LogP contribution in [-0.4, -0.2) is 41.9 Å². The highest BCUT2D eigenvalue weighted by Gasteiger charge is 2.28. The second-order valence-corrected chi connectivity index (χ2v) is 5.00. The molecule has 2 nitrogen and oxygen atoms in total. The minimum Gasteiger partial charge on any atom is -0.247 e. The van der Waals surface area contributed by atoms with Crippen molar-refractivity contribution in [1.82, 2.24) is 10.0 Å². The van der Waals surface area contributed by atoms with Crippen LogP contribution < -0.4 is 0 Å². The average molecular weight is 238 g/mol. The molecule has 0 saturated carbocycles. The third-order valence-electron chi connectivity index (χ3n) is 3.81. The van der Waals surface area contributed by atoms with Gasteiger partial charge < -0.3 is 0 Å². The van der Waals surface area contributed by atoms with Gasteiger partial charge in [0.25, 0.3) is 0 Å².